The molecule has 0 fully saturated rings. The first-order valence-electron chi connectivity index (χ1n) is 6.02. The van der Waals surface area contributed by atoms with Gasteiger partial charge in [0.15, 0.2) is 17.3 Å². The normalized spacial score (nSPS) is 15.3. The summed E-state index contributed by atoms with van der Waals surface area (Å²) >= 11 is 0. The number of carbonyl (C=O) groups excluding carboxylic acids is 1. The molecule has 0 saturated carbocycles. The van der Waals surface area contributed by atoms with Crippen LogP contribution in [0, 0.1) is 0 Å². The minimum absolute atomic E-state index is 0.0404. The van der Waals surface area contributed by atoms with Gasteiger partial charge < -0.3 is 14.2 Å². The van der Waals surface area contributed by atoms with Crippen molar-refractivity contribution in [1.29, 1.82) is 0 Å². The zero-order valence-electron chi connectivity index (χ0n) is 10.0. The van der Waals surface area contributed by atoms with Gasteiger partial charge in [0, 0.05) is 11.1 Å². The molecule has 0 N–H and O–H groups in total. The molecule has 94 valence electrons. The summed E-state index contributed by atoms with van der Waals surface area (Å²) < 4.78 is 16.3. The van der Waals surface area contributed by atoms with E-state index in [1.54, 1.807) is 18.2 Å². The lowest BCUT2D eigenvalue weighted by atomic mass is 9.98. The van der Waals surface area contributed by atoms with E-state index >= 15 is 0 Å². The van der Waals surface area contributed by atoms with Crippen molar-refractivity contribution < 1.29 is 19.0 Å². The monoisotopic (exact) mass is 254 g/mol. The van der Waals surface area contributed by atoms with E-state index in [-0.39, 0.29) is 12.6 Å². The van der Waals surface area contributed by atoms with E-state index in [9.17, 15) is 4.79 Å². The first-order valence-corrected chi connectivity index (χ1v) is 6.02. The van der Waals surface area contributed by atoms with Gasteiger partial charge in [-0.15, -0.1) is 0 Å². The van der Waals surface area contributed by atoms with Gasteiger partial charge >= 0.3 is 0 Å². The second-order valence-corrected chi connectivity index (χ2v) is 4.48. The summed E-state index contributed by atoms with van der Waals surface area (Å²) in [7, 11) is 0. The highest BCUT2D eigenvalue weighted by atomic mass is 16.7. The highest BCUT2D eigenvalue weighted by Crippen LogP contribution is 2.38. The zero-order chi connectivity index (χ0) is 12.8. The van der Waals surface area contributed by atoms with Gasteiger partial charge in [-0.2, -0.15) is 0 Å². The molecule has 19 heavy (non-hydrogen) atoms. The number of ether oxygens (including phenoxy) is 3. The summed E-state index contributed by atoms with van der Waals surface area (Å²) in [6, 6.07) is 10.8. The van der Waals surface area contributed by atoms with Gasteiger partial charge in [-0.05, 0) is 24.3 Å². The summed E-state index contributed by atoms with van der Waals surface area (Å²) in [5.41, 5.74) is 2.03. The van der Waals surface area contributed by atoms with E-state index in [1.807, 2.05) is 18.2 Å². The van der Waals surface area contributed by atoms with Crippen molar-refractivity contribution in [3.8, 4) is 17.2 Å². The van der Waals surface area contributed by atoms with Gasteiger partial charge in [0.05, 0.1) is 5.56 Å². The first-order chi connectivity index (χ1) is 9.33. The molecule has 4 nitrogen and oxygen atoms in total. The average molecular weight is 254 g/mol. The molecule has 0 unspecified atom stereocenters. The molecule has 2 heterocycles. The van der Waals surface area contributed by atoms with E-state index in [0.29, 0.717) is 35.0 Å². The predicted octanol–water partition coefficient (Wildman–Crippen LogP) is 2.54. The quantitative estimate of drug-likeness (QED) is 0.724. The number of rotatable bonds is 0. The molecular weight excluding hydrogens is 244 g/mol. The fourth-order valence-corrected chi connectivity index (χ4v) is 2.40. The molecule has 4 heteroatoms. The molecule has 0 aromatic heterocycles. The van der Waals surface area contributed by atoms with Crippen molar-refractivity contribution in [1.82, 2.24) is 0 Å². The Kier molecular flexibility index (Phi) is 2.06. The number of hydrogen-bond donors (Lipinski definition) is 0. The van der Waals surface area contributed by atoms with Crippen LogP contribution in [0.3, 0.4) is 0 Å². The highest BCUT2D eigenvalue weighted by molar-refractivity contribution is 6.12. The third-order valence-electron chi connectivity index (χ3n) is 3.36. The summed E-state index contributed by atoms with van der Waals surface area (Å²) in [5, 5.41) is 0. The van der Waals surface area contributed by atoms with Crippen LogP contribution in [0.25, 0.3) is 0 Å². The molecule has 4 rings (SSSR count). The minimum atomic E-state index is -0.0404. The zero-order valence-corrected chi connectivity index (χ0v) is 10.0. The van der Waals surface area contributed by atoms with Gasteiger partial charge in [0.2, 0.25) is 6.79 Å². The molecule has 0 saturated heterocycles. The highest BCUT2D eigenvalue weighted by Gasteiger charge is 2.26. The molecule has 0 bridgehead atoms. The molecule has 2 aromatic rings. The molecule has 0 aliphatic carbocycles. The smallest absolute Gasteiger partial charge is 0.231 e. The summed E-state index contributed by atoms with van der Waals surface area (Å²) in [4.78, 5) is 12.6. The third kappa shape index (κ3) is 1.50. The molecule has 0 amide bonds. The van der Waals surface area contributed by atoms with Crippen molar-refractivity contribution in [2.45, 2.75) is 6.61 Å². The second-order valence-electron chi connectivity index (χ2n) is 4.48. The third-order valence-corrected chi connectivity index (χ3v) is 3.36. The van der Waals surface area contributed by atoms with Crippen molar-refractivity contribution in [2.75, 3.05) is 6.79 Å². The fourth-order valence-electron chi connectivity index (χ4n) is 2.40. The number of fused-ring (bicyclic) bond motifs is 3. The summed E-state index contributed by atoms with van der Waals surface area (Å²) in [6.07, 6.45) is 0. The lowest BCUT2D eigenvalue weighted by molar-refractivity contribution is 0.103. The van der Waals surface area contributed by atoms with Crippen LogP contribution in [0.2, 0.25) is 0 Å². The lowest BCUT2D eigenvalue weighted by Gasteiger charge is -2.05. The van der Waals surface area contributed by atoms with E-state index in [2.05, 4.69) is 0 Å². The number of hydrogen-bond acceptors (Lipinski definition) is 4. The van der Waals surface area contributed by atoms with Crippen molar-refractivity contribution >= 4 is 5.78 Å². The number of benzene rings is 2. The van der Waals surface area contributed by atoms with E-state index in [1.165, 1.54) is 0 Å². The number of ketones is 1. The Morgan fingerprint density at radius 2 is 1.63 bits per heavy atom. The Bertz CT molecular complexity index is 691. The van der Waals surface area contributed by atoms with E-state index in [4.69, 9.17) is 14.2 Å². The maximum absolute atomic E-state index is 12.6. The van der Waals surface area contributed by atoms with E-state index < -0.39 is 0 Å². The Morgan fingerprint density at radius 1 is 0.842 bits per heavy atom. The number of para-hydroxylation sites is 1. The molecule has 0 atom stereocenters. The number of carbonyl (C=O) groups is 1. The van der Waals surface area contributed by atoms with Crippen LogP contribution in [-0.2, 0) is 6.61 Å². The maximum Gasteiger partial charge on any atom is 0.231 e. The lowest BCUT2D eigenvalue weighted by Crippen LogP contribution is -2.02. The van der Waals surface area contributed by atoms with Crippen LogP contribution < -0.4 is 14.2 Å². The van der Waals surface area contributed by atoms with E-state index in [0.717, 1.165) is 5.56 Å². The van der Waals surface area contributed by atoms with Gasteiger partial charge in [-0.1, -0.05) is 12.1 Å². The first kappa shape index (κ1) is 10.4. The second kappa shape index (κ2) is 3.75. The van der Waals surface area contributed by atoms with Crippen molar-refractivity contribution in [2.24, 2.45) is 0 Å². The Labute approximate surface area is 109 Å². The fraction of sp³-hybridized carbons (Fsp3) is 0.133. The molecule has 0 spiro atoms. The maximum atomic E-state index is 12.6. The molecular formula is C15H10O4. The van der Waals surface area contributed by atoms with Crippen LogP contribution in [-0.4, -0.2) is 12.6 Å². The van der Waals surface area contributed by atoms with Gasteiger partial charge in [0.25, 0.3) is 0 Å². The Morgan fingerprint density at radius 3 is 2.53 bits per heavy atom. The van der Waals surface area contributed by atoms with Gasteiger partial charge in [0.1, 0.15) is 12.4 Å². The topological polar surface area (TPSA) is 44.8 Å². The van der Waals surface area contributed by atoms with Gasteiger partial charge in [-0.3, -0.25) is 4.79 Å². The van der Waals surface area contributed by atoms with Crippen LogP contribution in [0.1, 0.15) is 21.5 Å². The van der Waals surface area contributed by atoms with Gasteiger partial charge in [-0.25, -0.2) is 0 Å². The van der Waals surface area contributed by atoms with Crippen LogP contribution >= 0.6 is 0 Å². The van der Waals surface area contributed by atoms with Crippen LogP contribution in [0.4, 0.5) is 0 Å². The molecule has 0 radical (unpaired) electrons. The summed E-state index contributed by atoms with van der Waals surface area (Å²) in [6.45, 7) is 0.554. The molecule has 2 aromatic carbocycles. The SMILES string of the molecule is O=C1c2cc3c(cc2COc2ccccc21)OCO3. The standard InChI is InChI=1S/C15H10O4/c16-15-10-3-1-2-4-12(10)17-7-9-5-13-14(6-11(9)15)19-8-18-13/h1-6H,7-8H2. The van der Waals surface area contributed by atoms with Crippen LogP contribution in [0.15, 0.2) is 36.4 Å². The van der Waals surface area contributed by atoms with Crippen molar-refractivity contribution in [3.05, 3.63) is 53.1 Å². The Balaban J connectivity index is 1.92. The van der Waals surface area contributed by atoms with Crippen molar-refractivity contribution in [3.63, 3.8) is 0 Å². The largest absolute Gasteiger partial charge is 0.488 e. The molecule has 2 aliphatic heterocycles. The predicted molar refractivity (Wildman–Crippen MR) is 66.8 cm³/mol. The molecule has 2 aliphatic rings. The average Bonchev–Trinajstić information content (AvgIpc) is 2.85. The minimum Gasteiger partial charge on any atom is -0.488 e. The van der Waals surface area contributed by atoms with Crippen LogP contribution in [0.5, 0.6) is 17.2 Å². The summed E-state index contributed by atoms with van der Waals surface area (Å²) in [5.74, 6) is 1.86. The Hall–Kier alpha value is -2.49.